The van der Waals surface area contributed by atoms with Crippen LogP contribution in [0.25, 0.3) is 16.9 Å². The highest BCUT2D eigenvalue weighted by Gasteiger charge is 2.23. The number of hydrogen-bond acceptors (Lipinski definition) is 4. The van der Waals surface area contributed by atoms with Gasteiger partial charge in [-0.15, -0.1) is 5.11 Å². The summed E-state index contributed by atoms with van der Waals surface area (Å²) in [5.74, 6) is -0.336. The molecule has 0 saturated carbocycles. The highest BCUT2D eigenvalue weighted by Crippen LogP contribution is 2.31. The lowest BCUT2D eigenvalue weighted by atomic mass is 9.95. The minimum atomic E-state index is -0.336. The third kappa shape index (κ3) is 2.23. The van der Waals surface area contributed by atoms with E-state index in [4.69, 9.17) is 17.3 Å². The Hall–Kier alpha value is -2.57. The zero-order chi connectivity index (χ0) is 16.0. The Morgan fingerprint density at radius 1 is 1.26 bits per heavy atom. The molecule has 114 valence electrons. The first-order chi connectivity index (χ1) is 11.2. The number of hydrogen-bond donors (Lipinski definition) is 1. The first-order valence-corrected chi connectivity index (χ1v) is 7.47. The van der Waals surface area contributed by atoms with Gasteiger partial charge in [-0.3, -0.25) is 9.20 Å². The molecule has 1 aromatic carbocycles. The summed E-state index contributed by atoms with van der Waals surface area (Å²) in [5.41, 5.74) is 9.69. The quantitative estimate of drug-likeness (QED) is 0.784. The second kappa shape index (κ2) is 5.26. The molecule has 1 amide bonds. The van der Waals surface area contributed by atoms with E-state index in [0.29, 0.717) is 17.1 Å². The molecule has 0 bridgehead atoms. The van der Waals surface area contributed by atoms with E-state index in [0.717, 1.165) is 22.5 Å². The standard InChI is InChI=1S/C16H12ClN5O/c17-10-2-4-15-19-7-14(22(15)8-10)9-1-3-11-12(5-9)13(6-18)20-21-16(11)23/h1-5,7-8,13H,6,18H2. The molecule has 0 aliphatic carbocycles. The number of azo groups is 1. The molecule has 1 aliphatic rings. The van der Waals surface area contributed by atoms with E-state index >= 15 is 0 Å². The number of imidazole rings is 1. The monoisotopic (exact) mass is 325 g/mol. The van der Waals surface area contributed by atoms with Gasteiger partial charge in [-0.05, 0) is 29.8 Å². The Morgan fingerprint density at radius 3 is 2.96 bits per heavy atom. The van der Waals surface area contributed by atoms with Crippen molar-refractivity contribution in [3.8, 4) is 11.3 Å². The van der Waals surface area contributed by atoms with Gasteiger partial charge in [0.25, 0.3) is 5.91 Å². The van der Waals surface area contributed by atoms with Gasteiger partial charge in [-0.25, -0.2) is 4.98 Å². The van der Waals surface area contributed by atoms with Gasteiger partial charge in [0, 0.05) is 23.9 Å². The van der Waals surface area contributed by atoms with E-state index in [9.17, 15) is 4.79 Å². The first-order valence-electron chi connectivity index (χ1n) is 7.09. The van der Waals surface area contributed by atoms with Crippen LogP contribution >= 0.6 is 11.6 Å². The van der Waals surface area contributed by atoms with Crippen molar-refractivity contribution < 1.29 is 4.79 Å². The number of carbonyl (C=O) groups excluding carboxylic acids is 1. The maximum atomic E-state index is 11.9. The Balaban J connectivity index is 1.90. The van der Waals surface area contributed by atoms with Crippen molar-refractivity contribution >= 4 is 23.2 Å². The fourth-order valence-corrected chi connectivity index (χ4v) is 2.93. The van der Waals surface area contributed by atoms with E-state index in [1.165, 1.54) is 0 Å². The predicted molar refractivity (Wildman–Crippen MR) is 86.6 cm³/mol. The fourth-order valence-electron chi connectivity index (χ4n) is 2.77. The number of nitrogens with two attached hydrogens (primary N) is 1. The lowest BCUT2D eigenvalue weighted by molar-refractivity contribution is 0.0985. The van der Waals surface area contributed by atoms with Crippen molar-refractivity contribution in [3.63, 3.8) is 0 Å². The number of benzene rings is 1. The summed E-state index contributed by atoms with van der Waals surface area (Å²) in [6.45, 7) is 0.298. The summed E-state index contributed by atoms with van der Waals surface area (Å²) in [5, 5.41) is 8.25. The lowest BCUT2D eigenvalue weighted by Crippen LogP contribution is -2.17. The highest BCUT2D eigenvalue weighted by atomic mass is 35.5. The third-order valence-electron chi connectivity index (χ3n) is 3.92. The van der Waals surface area contributed by atoms with Crippen molar-refractivity contribution in [2.24, 2.45) is 16.0 Å². The normalized spacial score (nSPS) is 16.8. The molecule has 3 aromatic rings. The number of aromatic nitrogens is 2. The van der Waals surface area contributed by atoms with Crippen LogP contribution in [-0.4, -0.2) is 21.8 Å². The average Bonchev–Trinajstić information content (AvgIpc) is 2.98. The number of carbonyl (C=O) groups is 1. The van der Waals surface area contributed by atoms with Gasteiger partial charge in [0.2, 0.25) is 0 Å². The number of amides is 1. The summed E-state index contributed by atoms with van der Waals surface area (Å²) in [6.07, 6.45) is 3.58. The van der Waals surface area contributed by atoms with Crippen LogP contribution in [0.15, 0.2) is 53.0 Å². The summed E-state index contributed by atoms with van der Waals surface area (Å²) in [7, 11) is 0. The van der Waals surface area contributed by atoms with Crippen LogP contribution in [0.3, 0.4) is 0 Å². The molecule has 23 heavy (non-hydrogen) atoms. The van der Waals surface area contributed by atoms with Crippen molar-refractivity contribution in [3.05, 3.63) is 58.9 Å². The maximum absolute atomic E-state index is 11.9. The minimum Gasteiger partial charge on any atom is -0.328 e. The molecule has 6 nitrogen and oxygen atoms in total. The maximum Gasteiger partial charge on any atom is 0.295 e. The van der Waals surface area contributed by atoms with E-state index in [-0.39, 0.29) is 11.9 Å². The number of fused-ring (bicyclic) bond motifs is 2. The molecule has 7 heteroatoms. The molecule has 1 unspecified atom stereocenters. The zero-order valence-electron chi connectivity index (χ0n) is 12.0. The molecule has 0 radical (unpaired) electrons. The molecule has 3 heterocycles. The molecule has 2 aromatic heterocycles. The lowest BCUT2D eigenvalue weighted by Gasteiger charge is -2.17. The van der Waals surface area contributed by atoms with Gasteiger partial charge in [-0.2, -0.15) is 5.11 Å². The smallest absolute Gasteiger partial charge is 0.295 e. The number of pyridine rings is 1. The van der Waals surface area contributed by atoms with Crippen LogP contribution in [0.1, 0.15) is 22.0 Å². The van der Waals surface area contributed by atoms with E-state index in [2.05, 4.69) is 15.2 Å². The molecule has 0 spiro atoms. The van der Waals surface area contributed by atoms with Crippen LogP contribution in [0.5, 0.6) is 0 Å². The molecule has 0 fully saturated rings. The average molecular weight is 326 g/mol. The summed E-state index contributed by atoms with van der Waals surface area (Å²) < 4.78 is 1.91. The van der Waals surface area contributed by atoms with Gasteiger partial charge < -0.3 is 5.73 Å². The van der Waals surface area contributed by atoms with Gasteiger partial charge in [-0.1, -0.05) is 17.7 Å². The van der Waals surface area contributed by atoms with Crippen molar-refractivity contribution in [1.29, 1.82) is 0 Å². The second-order valence-electron chi connectivity index (χ2n) is 5.29. The Kier molecular flexibility index (Phi) is 3.21. The Bertz CT molecular complexity index is 962. The van der Waals surface area contributed by atoms with Crippen LogP contribution in [0.4, 0.5) is 0 Å². The van der Waals surface area contributed by atoms with E-state index in [1.807, 2.05) is 28.8 Å². The van der Waals surface area contributed by atoms with Gasteiger partial charge in [0.15, 0.2) is 0 Å². The number of halogens is 1. The highest BCUT2D eigenvalue weighted by molar-refractivity contribution is 6.30. The molecule has 4 rings (SSSR count). The van der Waals surface area contributed by atoms with Gasteiger partial charge in [0.05, 0.1) is 16.9 Å². The van der Waals surface area contributed by atoms with Crippen LogP contribution in [0.2, 0.25) is 5.02 Å². The van der Waals surface area contributed by atoms with Crippen molar-refractivity contribution in [2.75, 3.05) is 6.54 Å². The molecule has 2 N–H and O–H groups in total. The largest absolute Gasteiger partial charge is 0.328 e. The first kappa shape index (κ1) is 14.0. The van der Waals surface area contributed by atoms with Gasteiger partial charge >= 0.3 is 0 Å². The molecule has 1 aliphatic heterocycles. The van der Waals surface area contributed by atoms with E-state index < -0.39 is 0 Å². The SMILES string of the molecule is NCC1N=NC(=O)c2ccc(-c3cnc4ccc(Cl)cn34)cc21. The number of rotatable bonds is 2. The summed E-state index contributed by atoms with van der Waals surface area (Å²) in [4.78, 5) is 16.2. The minimum absolute atomic E-state index is 0.298. The van der Waals surface area contributed by atoms with Crippen LogP contribution in [0, 0.1) is 0 Å². The van der Waals surface area contributed by atoms with Crippen molar-refractivity contribution in [1.82, 2.24) is 9.38 Å². The Morgan fingerprint density at radius 2 is 2.13 bits per heavy atom. The predicted octanol–water partition coefficient (Wildman–Crippen LogP) is 3.26. The zero-order valence-corrected chi connectivity index (χ0v) is 12.7. The molecule has 0 saturated heterocycles. The van der Waals surface area contributed by atoms with Crippen LogP contribution in [-0.2, 0) is 0 Å². The van der Waals surface area contributed by atoms with Crippen molar-refractivity contribution in [2.45, 2.75) is 6.04 Å². The van der Waals surface area contributed by atoms with E-state index in [1.54, 1.807) is 18.3 Å². The molecule has 1 atom stereocenters. The van der Waals surface area contributed by atoms with Gasteiger partial charge in [0.1, 0.15) is 11.7 Å². The topological polar surface area (TPSA) is 85.1 Å². The fraction of sp³-hybridized carbons (Fsp3) is 0.125. The third-order valence-corrected chi connectivity index (χ3v) is 4.14. The van der Waals surface area contributed by atoms with Crippen LogP contribution < -0.4 is 5.73 Å². The summed E-state index contributed by atoms with van der Waals surface area (Å²) in [6, 6.07) is 8.90. The summed E-state index contributed by atoms with van der Waals surface area (Å²) >= 11 is 6.08. The second-order valence-corrected chi connectivity index (χ2v) is 5.73. The molecular weight excluding hydrogens is 314 g/mol. The Labute approximate surface area is 136 Å². The number of nitrogens with zero attached hydrogens (tertiary/aromatic N) is 4. The molecular formula is C16H12ClN5O.